The molecule has 7 nitrogen and oxygen atoms in total. The Balaban J connectivity index is 1.55. The van der Waals surface area contributed by atoms with Crippen LogP contribution in [0.2, 0.25) is 0 Å². The first kappa shape index (κ1) is 16.1. The standard InChI is InChI=1S/C15H25N7/c1-16-15(18-8-4-10-22-11-5-9-19-22)17-7-3-6-14-12-20-21(2)13-14/h5,9,11-13H,3-4,6-8,10H2,1-2H3,(H2,16,17,18). The molecule has 0 saturated carbocycles. The fourth-order valence-corrected chi connectivity index (χ4v) is 2.20. The molecule has 2 aromatic heterocycles. The van der Waals surface area contributed by atoms with Crippen molar-refractivity contribution in [3.8, 4) is 0 Å². The molecule has 0 saturated heterocycles. The minimum absolute atomic E-state index is 0.853. The Morgan fingerprint density at radius 3 is 2.68 bits per heavy atom. The van der Waals surface area contributed by atoms with Crippen molar-refractivity contribution in [3.63, 3.8) is 0 Å². The summed E-state index contributed by atoms with van der Waals surface area (Å²) in [5, 5.41) is 15.0. The van der Waals surface area contributed by atoms with Gasteiger partial charge in [0.2, 0.25) is 0 Å². The van der Waals surface area contributed by atoms with Crippen LogP contribution in [0.25, 0.3) is 0 Å². The molecule has 0 unspecified atom stereocenters. The van der Waals surface area contributed by atoms with Crippen LogP contribution >= 0.6 is 0 Å². The van der Waals surface area contributed by atoms with E-state index < -0.39 is 0 Å². The summed E-state index contributed by atoms with van der Waals surface area (Å²) in [4.78, 5) is 4.23. The van der Waals surface area contributed by atoms with E-state index in [2.05, 4.69) is 32.0 Å². The van der Waals surface area contributed by atoms with E-state index in [1.807, 2.05) is 34.9 Å². The number of rotatable bonds is 8. The zero-order chi connectivity index (χ0) is 15.6. The van der Waals surface area contributed by atoms with Gasteiger partial charge in [0.25, 0.3) is 0 Å². The minimum atomic E-state index is 0.853. The first-order valence-corrected chi connectivity index (χ1v) is 7.67. The van der Waals surface area contributed by atoms with Crippen LogP contribution in [-0.4, -0.2) is 45.7 Å². The van der Waals surface area contributed by atoms with E-state index in [-0.39, 0.29) is 0 Å². The van der Waals surface area contributed by atoms with Gasteiger partial charge in [-0.05, 0) is 30.9 Å². The maximum Gasteiger partial charge on any atom is 0.190 e. The Morgan fingerprint density at radius 1 is 1.23 bits per heavy atom. The molecule has 0 spiro atoms. The topological polar surface area (TPSA) is 72.1 Å². The van der Waals surface area contributed by atoms with Crippen LogP contribution in [0.3, 0.4) is 0 Å². The molecule has 0 aromatic carbocycles. The third kappa shape index (κ3) is 5.59. The lowest BCUT2D eigenvalue weighted by Gasteiger charge is -2.11. The Labute approximate surface area is 131 Å². The van der Waals surface area contributed by atoms with E-state index in [0.717, 1.165) is 44.9 Å². The number of guanidine groups is 1. The fraction of sp³-hybridized carbons (Fsp3) is 0.533. The highest BCUT2D eigenvalue weighted by Crippen LogP contribution is 1.99. The van der Waals surface area contributed by atoms with Crippen LogP contribution in [0.5, 0.6) is 0 Å². The maximum absolute atomic E-state index is 4.23. The zero-order valence-corrected chi connectivity index (χ0v) is 13.4. The molecule has 120 valence electrons. The Morgan fingerprint density at radius 2 is 2.05 bits per heavy atom. The van der Waals surface area contributed by atoms with Crippen LogP contribution in [0.4, 0.5) is 0 Å². The number of nitrogens with zero attached hydrogens (tertiary/aromatic N) is 5. The van der Waals surface area contributed by atoms with Crippen LogP contribution in [-0.2, 0) is 20.0 Å². The quantitative estimate of drug-likeness (QED) is 0.430. The lowest BCUT2D eigenvalue weighted by Crippen LogP contribution is -2.38. The van der Waals surface area contributed by atoms with Gasteiger partial charge in [0.05, 0.1) is 6.20 Å². The second-order valence-corrected chi connectivity index (χ2v) is 5.17. The Kier molecular flexibility index (Phi) is 6.47. The molecule has 0 aliphatic carbocycles. The van der Waals surface area contributed by atoms with Crippen molar-refractivity contribution in [3.05, 3.63) is 36.4 Å². The number of aromatic nitrogens is 4. The molecular weight excluding hydrogens is 278 g/mol. The van der Waals surface area contributed by atoms with Crippen molar-refractivity contribution in [2.75, 3.05) is 20.1 Å². The highest BCUT2D eigenvalue weighted by atomic mass is 15.3. The molecular formula is C15H25N7. The second kappa shape index (κ2) is 8.86. The monoisotopic (exact) mass is 303 g/mol. The van der Waals surface area contributed by atoms with Gasteiger partial charge in [-0.2, -0.15) is 10.2 Å². The van der Waals surface area contributed by atoms with Crippen molar-refractivity contribution in [1.82, 2.24) is 30.2 Å². The van der Waals surface area contributed by atoms with E-state index in [1.54, 1.807) is 13.2 Å². The lowest BCUT2D eigenvalue weighted by molar-refractivity contribution is 0.570. The van der Waals surface area contributed by atoms with E-state index in [1.165, 1.54) is 5.56 Å². The van der Waals surface area contributed by atoms with Gasteiger partial charge in [-0.3, -0.25) is 14.4 Å². The van der Waals surface area contributed by atoms with Gasteiger partial charge in [-0.1, -0.05) is 0 Å². The number of aryl methyl sites for hydroxylation is 3. The average Bonchev–Trinajstić information content (AvgIpc) is 3.17. The molecule has 0 amide bonds. The molecule has 0 aliphatic heterocycles. The van der Waals surface area contributed by atoms with E-state index in [4.69, 9.17) is 0 Å². The second-order valence-electron chi connectivity index (χ2n) is 5.17. The average molecular weight is 303 g/mol. The molecule has 2 heterocycles. The molecule has 0 aliphatic rings. The van der Waals surface area contributed by atoms with E-state index in [0.29, 0.717) is 0 Å². The summed E-state index contributed by atoms with van der Waals surface area (Å²) in [6.45, 7) is 2.69. The molecule has 0 atom stereocenters. The molecule has 7 heteroatoms. The van der Waals surface area contributed by atoms with Gasteiger partial charge >= 0.3 is 0 Å². The summed E-state index contributed by atoms with van der Waals surface area (Å²) in [5.41, 5.74) is 1.27. The van der Waals surface area contributed by atoms with Gasteiger partial charge in [-0.25, -0.2) is 0 Å². The predicted octanol–water partition coefficient (Wildman–Crippen LogP) is 0.804. The van der Waals surface area contributed by atoms with Crippen molar-refractivity contribution in [2.45, 2.75) is 25.8 Å². The number of hydrogen-bond donors (Lipinski definition) is 2. The number of nitrogens with one attached hydrogen (secondary N) is 2. The third-order valence-corrected chi connectivity index (χ3v) is 3.33. The van der Waals surface area contributed by atoms with Crippen LogP contribution in [0.1, 0.15) is 18.4 Å². The van der Waals surface area contributed by atoms with Gasteiger partial charge in [-0.15, -0.1) is 0 Å². The molecule has 0 fully saturated rings. The summed E-state index contributed by atoms with van der Waals surface area (Å²) in [6.07, 6.45) is 10.8. The van der Waals surface area contributed by atoms with Crippen molar-refractivity contribution in [1.29, 1.82) is 0 Å². The van der Waals surface area contributed by atoms with Gasteiger partial charge in [0.1, 0.15) is 0 Å². The lowest BCUT2D eigenvalue weighted by atomic mass is 10.2. The van der Waals surface area contributed by atoms with Gasteiger partial charge in [0, 0.05) is 52.3 Å². The Hall–Kier alpha value is -2.31. The van der Waals surface area contributed by atoms with Gasteiger partial charge in [0.15, 0.2) is 5.96 Å². The highest BCUT2D eigenvalue weighted by Gasteiger charge is 1.99. The first-order chi connectivity index (χ1) is 10.8. The summed E-state index contributed by atoms with van der Waals surface area (Å²) in [7, 11) is 3.74. The largest absolute Gasteiger partial charge is 0.356 e. The van der Waals surface area contributed by atoms with Crippen molar-refractivity contribution in [2.24, 2.45) is 12.0 Å². The van der Waals surface area contributed by atoms with Crippen molar-refractivity contribution >= 4 is 5.96 Å². The zero-order valence-electron chi connectivity index (χ0n) is 13.4. The third-order valence-electron chi connectivity index (χ3n) is 3.33. The smallest absolute Gasteiger partial charge is 0.190 e. The van der Waals surface area contributed by atoms with Crippen LogP contribution in [0, 0.1) is 0 Å². The molecule has 0 bridgehead atoms. The molecule has 2 aromatic rings. The van der Waals surface area contributed by atoms with E-state index >= 15 is 0 Å². The molecule has 2 N–H and O–H groups in total. The summed E-state index contributed by atoms with van der Waals surface area (Å²) < 4.78 is 3.77. The fourth-order valence-electron chi connectivity index (χ4n) is 2.20. The maximum atomic E-state index is 4.23. The van der Waals surface area contributed by atoms with Crippen molar-refractivity contribution < 1.29 is 0 Å². The van der Waals surface area contributed by atoms with Crippen LogP contribution in [0.15, 0.2) is 35.8 Å². The van der Waals surface area contributed by atoms with Crippen LogP contribution < -0.4 is 10.6 Å². The van der Waals surface area contributed by atoms with E-state index in [9.17, 15) is 0 Å². The summed E-state index contributed by atoms with van der Waals surface area (Å²) in [5.74, 6) is 0.853. The number of aliphatic imine (C=N–C) groups is 1. The predicted molar refractivity (Wildman–Crippen MR) is 87.7 cm³/mol. The van der Waals surface area contributed by atoms with Gasteiger partial charge < -0.3 is 10.6 Å². The Bertz CT molecular complexity index is 556. The summed E-state index contributed by atoms with van der Waals surface area (Å²) in [6, 6.07) is 1.94. The molecule has 2 rings (SSSR count). The molecule has 0 radical (unpaired) electrons. The molecule has 22 heavy (non-hydrogen) atoms. The highest BCUT2D eigenvalue weighted by molar-refractivity contribution is 5.79. The first-order valence-electron chi connectivity index (χ1n) is 7.67. The normalized spacial score (nSPS) is 11.6. The SMILES string of the molecule is CN=C(NCCCc1cnn(C)c1)NCCCn1cccn1. The number of hydrogen-bond acceptors (Lipinski definition) is 3. The summed E-state index contributed by atoms with van der Waals surface area (Å²) >= 11 is 0. The minimum Gasteiger partial charge on any atom is -0.356 e.